The van der Waals surface area contributed by atoms with E-state index in [0.29, 0.717) is 34.3 Å². The molecule has 0 aromatic heterocycles. The van der Waals surface area contributed by atoms with E-state index >= 15 is 0 Å². The van der Waals surface area contributed by atoms with Gasteiger partial charge in [0.25, 0.3) is 0 Å². The minimum atomic E-state index is -3.55. The maximum absolute atomic E-state index is 13.5. The van der Waals surface area contributed by atoms with Crippen molar-refractivity contribution in [3.63, 3.8) is 0 Å². The number of hydrogen-bond donors (Lipinski definition) is 1. The molecular formula is C27H37Cl2N3O4S. The number of aryl methyl sites for hydroxylation is 1. The normalized spacial score (nSPS) is 12.3. The van der Waals surface area contributed by atoms with Gasteiger partial charge in [-0.2, -0.15) is 0 Å². The third kappa shape index (κ3) is 9.20. The Hall–Kier alpha value is -2.29. The molecule has 7 nitrogen and oxygen atoms in total. The van der Waals surface area contributed by atoms with Crippen LogP contribution in [-0.2, 0) is 26.2 Å². The lowest BCUT2D eigenvalue weighted by molar-refractivity contribution is -0.141. The summed E-state index contributed by atoms with van der Waals surface area (Å²) in [5, 5.41) is 3.73. The molecule has 0 bridgehead atoms. The second-order valence-electron chi connectivity index (χ2n) is 9.56. The van der Waals surface area contributed by atoms with Crippen molar-refractivity contribution in [3.8, 4) is 0 Å². The monoisotopic (exact) mass is 569 g/mol. The van der Waals surface area contributed by atoms with E-state index in [1.165, 1.54) is 9.21 Å². The molecule has 0 saturated carbocycles. The summed E-state index contributed by atoms with van der Waals surface area (Å²) in [7, 11) is -3.55. The van der Waals surface area contributed by atoms with Gasteiger partial charge in [-0.3, -0.25) is 13.9 Å². The number of halogens is 2. The van der Waals surface area contributed by atoms with Crippen molar-refractivity contribution < 1.29 is 18.0 Å². The van der Waals surface area contributed by atoms with Gasteiger partial charge in [-0.15, -0.1) is 0 Å². The fourth-order valence-electron chi connectivity index (χ4n) is 3.98. The zero-order valence-corrected chi connectivity index (χ0v) is 24.5. The Morgan fingerprint density at radius 2 is 1.68 bits per heavy atom. The predicted molar refractivity (Wildman–Crippen MR) is 152 cm³/mol. The molecule has 204 valence electrons. The zero-order valence-electron chi connectivity index (χ0n) is 22.1. The zero-order chi connectivity index (χ0) is 27.8. The van der Waals surface area contributed by atoms with Gasteiger partial charge >= 0.3 is 0 Å². The summed E-state index contributed by atoms with van der Waals surface area (Å²) in [5.74, 6) is -0.266. The molecule has 1 atom stereocenters. The second kappa shape index (κ2) is 14.0. The van der Waals surface area contributed by atoms with Crippen molar-refractivity contribution in [2.45, 2.75) is 59.5 Å². The van der Waals surface area contributed by atoms with Crippen molar-refractivity contribution in [1.29, 1.82) is 0 Å². The first-order valence-electron chi connectivity index (χ1n) is 12.4. The fraction of sp³-hybridized carbons (Fsp3) is 0.481. The number of carbonyl (C=O) groups excluding carboxylic acids is 2. The topological polar surface area (TPSA) is 86.8 Å². The van der Waals surface area contributed by atoms with E-state index in [1.807, 2.05) is 33.8 Å². The number of benzene rings is 2. The van der Waals surface area contributed by atoms with E-state index in [-0.39, 0.29) is 43.7 Å². The molecule has 0 aliphatic rings. The minimum absolute atomic E-state index is 0.0495. The van der Waals surface area contributed by atoms with Gasteiger partial charge in [-0.25, -0.2) is 8.42 Å². The third-order valence-corrected chi connectivity index (χ3v) is 7.80. The molecule has 2 aromatic rings. The summed E-state index contributed by atoms with van der Waals surface area (Å²) in [6.45, 7) is 8.41. The number of nitrogens with zero attached hydrogens (tertiary/aromatic N) is 2. The Morgan fingerprint density at radius 3 is 2.22 bits per heavy atom. The molecule has 0 unspecified atom stereocenters. The molecular weight excluding hydrogens is 533 g/mol. The van der Waals surface area contributed by atoms with E-state index in [4.69, 9.17) is 23.2 Å². The lowest BCUT2D eigenvalue weighted by atomic mass is 10.1. The molecule has 0 spiro atoms. The molecule has 0 fully saturated rings. The lowest BCUT2D eigenvalue weighted by Gasteiger charge is -2.32. The predicted octanol–water partition coefficient (Wildman–Crippen LogP) is 5.43. The summed E-state index contributed by atoms with van der Waals surface area (Å²) >= 11 is 12.8. The van der Waals surface area contributed by atoms with E-state index < -0.39 is 16.1 Å². The van der Waals surface area contributed by atoms with Crippen molar-refractivity contribution in [3.05, 3.63) is 63.6 Å². The van der Waals surface area contributed by atoms with Crippen LogP contribution in [-0.4, -0.2) is 50.5 Å². The van der Waals surface area contributed by atoms with Crippen LogP contribution < -0.4 is 9.62 Å². The molecule has 0 heterocycles. The first kappa shape index (κ1) is 30.9. The average molecular weight is 571 g/mol. The number of carbonyl (C=O) groups is 2. The molecule has 37 heavy (non-hydrogen) atoms. The Kier molecular flexibility index (Phi) is 11.7. The quantitative estimate of drug-likeness (QED) is 0.348. The van der Waals surface area contributed by atoms with Gasteiger partial charge in [-0.1, -0.05) is 62.2 Å². The van der Waals surface area contributed by atoms with Gasteiger partial charge in [0.2, 0.25) is 21.8 Å². The van der Waals surface area contributed by atoms with E-state index in [9.17, 15) is 18.0 Å². The number of amides is 2. The summed E-state index contributed by atoms with van der Waals surface area (Å²) in [4.78, 5) is 28.1. The van der Waals surface area contributed by atoms with Gasteiger partial charge in [0.1, 0.15) is 6.04 Å². The minimum Gasteiger partial charge on any atom is -0.354 e. The van der Waals surface area contributed by atoms with E-state index in [2.05, 4.69) is 5.32 Å². The van der Waals surface area contributed by atoms with Crippen LogP contribution in [0, 0.1) is 12.8 Å². The highest BCUT2D eigenvalue weighted by atomic mass is 35.5. The van der Waals surface area contributed by atoms with Gasteiger partial charge in [0, 0.05) is 41.7 Å². The molecule has 0 saturated heterocycles. The van der Waals surface area contributed by atoms with Crippen molar-refractivity contribution in [1.82, 2.24) is 10.2 Å². The first-order chi connectivity index (χ1) is 17.3. The summed E-state index contributed by atoms with van der Waals surface area (Å²) in [6.07, 6.45) is 1.87. The second-order valence-corrected chi connectivity index (χ2v) is 12.3. The van der Waals surface area contributed by atoms with E-state index in [0.717, 1.165) is 11.8 Å². The Balaban J connectivity index is 2.27. The maximum atomic E-state index is 13.5. The molecule has 0 aliphatic heterocycles. The van der Waals surface area contributed by atoms with Crippen LogP contribution in [0.3, 0.4) is 0 Å². The van der Waals surface area contributed by atoms with Gasteiger partial charge < -0.3 is 10.2 Å². The largest absolute Gasteiger partial charge is 0.354 e. The Labute approximate surface area is 231 Å². The highest BCUT2D eigenvalue weighted by Crippen LogP contribution is 2.27. The molecule has 2 amide bonds. The van der Waals surface area contributed by atoms with Crippen molar-refractivity contribution in [2.75, 3.05) is 23.7 Å². The van der Waals surface area contributed by atoms with Gasteiger partial charge in [-0.05, 0) is 55.5 Å². The van der Waals surface area contributed by atoms with Crippen LogP contribution in [0.25, 0.3) is 0 Å². The van der Waals surface area contributed by atoms with Crippen LogP contribution >= 0.6 is 23.2 Å². The molecule has 2 aromatic carbocycles. The van der Waals surface area contributed by atoms with Crippen molar-refractivity contribution >= 4 is 50.7 Å². The van der Waals surface area contributed by atoms with Crippen LogP contribution in [0.15, 0.2) is 42.5 Å². The summed E-state index contributed by atoms with van der Waals surface area (Å²) in [5.41, 5.74) is 2.05. The number of anilines is 1. The van der Waals surface area contributed by atoms with E-state index in [1.54, 1.807) is 36.4 Å². The summed E-state index contributed by atoms with van der Waals surface area (Å²) in [6, 6.07) is 11.6. The molecule has 0 aliphatic carbocycles. The number of rotatable bonds is 13. The van der Waals surface area contributed by atoms with Crippen LogP contribution in [0.2, 0.25) is 10.0 Å². The number of hydrogen-bond acceptors (Lipinski definition) is 4. The Morgan fingerprint density at radius 1 is 1.05 bits per heavy atom. The fourth-order valence-corrected chi connectivity index (χ4v) is 5.46. The summed E-state index contributed by atoms with van der Waals surface area (Å²) < 4.78 is 26.3. The number of sulfonamides is 1. The van der Waals surface area contributed by atoms with Crippen LogP contribution in [0.4, 0.5) is 5.69 Å². The lowest BCUT2D eigenvalue weighted by Crippen LogP contribution is -2.49. The van der Waals surface area contributed by atoms with Crippen molar-refractivity contribution in [2.24, 2.45) is 5.92 Å². The van der Waals surface area contributed by atoms with Gasteiger partial charge in [0.05, 0.1) is 11.9 Å². The van der Waals surface area contributed by atoms with Gasteiger partial charge in [0.15, 0.2) is 0 Å². The van der Waals surface area contributed by atoms with Crippen LogP contribution in [0.5, 0.6) is 0 Å². The standard InChI is InChI=1S/C27H37Cl2N3O4S/c1-6-25(27(34)30-17-19(2)3)31(18-22-23(28)12-8-13-24(22)29)26(33)14-9-15-32(37(5,35)36)21-11-7-10-20(4)16-21/h7-8,10-13,16,19,25H,6,9,14-15,17-18H2,1-5H3,(H,30,34)/t25-/m1/s1. The Bertz CT molecular complexity index is 1170. The van der Waals surface area contributed by atoms with Crippen LogP contribution in [0.1, 0.15) is 51.2 Å². The molecule has 1 N–H and O–H groups in total. The SMILES string of the molecule is CC[C@H](C(=O)NCC(C)C)N(Cc1c(Cl)cccc1Cl)C(=O)CCCN(c1cccc(C)c1)S(C)(=O)=O. The smallest absolute Gasteiger partial charge is 0.242 e. The maximum Gasteiger partial charge on any atom is 0.242 e. The number of nitrogens with one attached hydrogen (secondary N) is 1. The average Bonchev–Trinajstić information content (AvgIpc) is 2.81. The highest BCUT2D eigenvalue weighted by molar-refractivity contribution is 7.92. The molecule has 0 radical (unpaired) electrons. The third-order valence-electron chi connectivity index (χ3n) is 5.90. The highest BCUT2D eigenvalue weighted by Gasteiger charge is 2.30. The molecule has 10 heteroatoms. The molecule has 2 rings (SSSR count). The first-order valence-corrected chi connectivity index (χ1v) is 15.0.